The lowest BCUT2D eigenvalue weighted by Crippen LogP contribution is -2.40. The topological polar surface area (TPSA) is 226 Å². The summed E-state index contributed by atoms with van der Waals surface area (Å²) in [5.74, 6) is -4.03. The van der Waals surface area contributed by atoms with Gasteiger partial charge in [-0.15, -0.1) is 0 Å². The van der Waals surface area contributed by atoms with Crippen LogP contribution < -0.4 is 24.7 Å². The van der Waals surface area contributed by atoms with Gasteiger partial charge in [0.15, 0.2) is 23.0 Å². The van der Waals surface area contributed by atoms with E-state index < -0.39 is 60.4 Å². The third kappa shape index (κ3) is 10.00. The zero-order chi connectivity index (χ0) is 34.4. The number of nitrogens with zero attached hydrogens (tertiary/aromatic N) is 2. The summed E-state index contributed by atoms with van der Waals surface area (Å²) < 4.78 is 38.0. The Hall–Kier alpha value is -6.07. The van der Waals surface area contributed by atoms with Crippen LogP contribution in [0.25, 0.3) is 0 Å². The van der Waals surface area contributed by atoms with Gasteiger partial charge in [-0.05, 0) is 30.7 Å². The smallest absolute Gasteiger partial charge is 0.437 e. The molecule has 3 amide bonds. The second kappa shape index (κ2) is 17.3. The Morgan fingerprint density at radius 1 is 0.609 bits per heavy atom. The first-order chi connectivity index (χ1) is 21.9. The van der Waals surface area contributed by atoms with Gasteiger partial charge in [0.05, 0.1) is 46.1 Å². The van der Waals surface area contributed by atoms with E-state index >= 15 is 0 Å². The summed E-state index contributed by atoms with van der Waals surface area (Å²) in [5.41, 5.74) is 4.87. The lowest BCUT2D eigenvalue weighted by molar-refractivity contribution is -0.118. The molecular formula is C28H31N3O15. The first-order valence-electron chi connectivity index (χ1n) is 13.0. The lowest BCUT2D eigenvalue weighted by Gasteiger charge is -2.25. The standard InChI is InChI=1S/C28H31N3O15/c1-30(23(33)16-9-6-11-18(43-25(35)39-2)21(16)45-27(37)41-4)13-8-14-31(15-20(29)32)24(34)17-10-7-12-19(44-26(36)40-3)22(17)46-28(38)42-5/h6-7,9-12H,8,13-15H2,1-5H3,(H2,29,32). The van der Waals surface area contributed by atoms with Gasteiger partial charge in [-0.25, -0.2) is 19.2 Å². The summed E-state index contributed by atoms with van der Waals surface area (Å²) in [6.07, 6.45) is -4.70. The Kier molecular flexibility index (Phi) is 13.6. The molecule has 0 aliphatic carbocycles. The predicted octanol–water partition coefficient (Wildman–Crippen LogP) is 2.36. The fourth-order valence-corrected chi connectivity index (χ4v) is 3.67. The number of ether oxygens (including phenoxy) is 8. The molecule has 0 aliphatic heterocycles. The van der Waals surface area contributed by atoms with Crippen molar-refractivity contribution in [2.45, 2.75) is 6.42 Å². The highest BCUT2D eigenvalue weighted by Gasteiger charge is 2.28. The molecule has 18 heteroatoms. The van der Waals surface area contributed by atoms with Crippen molar-refractivity contribution in [3.63, 3.8) is 0 Å². The normalized spacial score (nSPS) is 10.0. The van der Waals surface area contributed by atoms with E-state index in [4.69, 9.17) is 24.7 Å². The van der Waals surface area contributed by atoms with Gasteiger partial charge in [0, 0.05) is 20.1 Å². The van der Waals surface area contributed by atoms with Crippen LogP contribution in [0.1, 0.15) is 27.1 Å². The maximum absolute atomic E-state index is 13.6. The summed E-state index contributed by atoms with van der Waals surface area (Å²) in [7, 11) is 5.53. The van der Waals surface area contributed by atoms with Crippen molar-refractivity contribution >= 4 is 42.3 Å². The third-order valence-corrected chi connectivity index (χ3v) is 5.74. The number of hydrogen-bond donors (Lipinski definition) is 1. The fourth-order valence-electron chi connectivity index (χ4n) is 3.67. The van der Waals surface area contributed by atoms with Crippen molar-refractivity contribution in [3.05, 3.63) is 47.5 Å². The maximum atomic E-state index is 13.6. The van der Waals surface area contributed by atoms with Crippen LogP contribution in [0.2, 0.25) is 0 Å². The average molecular weight is 650 g/mol. The number of primary amides is 1. The Bertz CT molecular complexity index is 1480. The number of carbonyl (C=O) groups is 7. The molecule has 0 radical (unpaired) electrons. The van der Waals surface area contributed by atoms with Gasteiger partial charge in [-0.1, -0.05) is 12.1 Å². The number of hydrogen-bond acceptors (Lipinski definition) is 15. The SMILES string of the molecule is COC(=O)Oc1cccc(C(=O)N(C)CCCN(CC(N)=O)C(=O)c2cccc(OC(=O)OC)c2OC(=O)OC)c1OC(=O)OC. The largest absolute Gasteiger partial charge is 0.513 e. The van der Waals surface area contributed by atoms with Gasteiger partial charge in [0.1, 0.15) is 0 Å². The Balaban J connectivity index is 2.32. The zero-order valence-corrected chi connectivity index (χ0v) is 25.4. The molecule has 0 fully saturated rings. The third-order valence-electron chi connectivity index (χ3n) is 5.74. The van der Waals surface area contributed by atoms with Crippen LogP contribution in [0.15, 0.2) is 36.4 Å². The zero-order valence-electron chi connectivity index (χ0n) is 25.4. The van der Waals surface area contributed by atoms with E-state index in [1.807, 2.05) is 0 Å². The highest BCUT2D eigenvalue weighted by atomic mass is 16.8. The molecule has 0 saturated heterocycles. The van der Waals surface area contributed by atoms with Crippen molar-refractivity contribution in [2.75, 3.05) is 55.1 Å². The van der Waals surface area contributed by atoms with E-state index in [1.54, 1.807) is 0 Å². The number of amides is 3. The van der Waals surface area contributed by atoms with E-state index in [0.29, 0.717) is 0 Å². The van der Waals surface area contributed by atoms with Gasteiger partial charge in [-0.2, -0.15) is 0 Å². The second-order valence-corrected chi connectivity index (χ2v) is 8.76. The van der Waals surface area contributed by atoms with E-state index in [9.17, 15) is 33.6 Å². The molecule has 0 unspecified atom stereocenters. The Morgan fingerprint density at radius 2 is 1.02 bits per heavy atom. The monoisotopic (exact) mass is 649 g/mol. The molecular weight excluding hydrogens is 618 g/mol. The van der Waals surface area contributed by atoms with Gasteiger partial charge in [-0.3, -0.25) is 14.4 Å². The van der Waals surface area contributed by atoms with E-state index in [0.717, 1.165) is 33.3 Å². The highest BCUT2D eigenvalue weighted by molar-refractivity contribution is 6.00. The van der Waals surface area contributed by atoms with Crippen LogP contribution >= 0.6 is 0 Å². The minimum Gasteiger partial charge on any atom is -0.437 e. The van der Waals surface area contributed by atoms with Crippen molar-refractivity contribution in [1.82, 2.24) is 9.80 Å². The van der Waals surface area contributed by atoms with Gasteiger partial charge < -0.3 is 53.4 Å². The first kappa shape index (κ1) is 36.1. The Morgan fingerprint density at radius 3 is 1.43 bits per heavy atom. The molecule has 18 nitrogen and oxygen atoms in total. The minimum absolute atomic E-state index is 0.0296. The van der Waals surface area contributed by atoms with Crippen molar-refractivity contribution in [1.29, 1.82) is 0 Å². The number of carbonyl (C=O) groups excluding carboxylic acids is 7. The molecule has 0 aliphatic rings. The molecule has 2 N–H and O–H groups in total. The van der Waals surface area contributed by atoms with Crippen LogP contribution in [0, 0.1) is 0 Å². The number of rotatable bonds is 12. The van der Waals surface area contributed by atoms with Crippen molar-refractivity contribution in [2.24, 2.45) is 5.73 Å². The number of methoxy groups -OCH3 is 4. The number of benzene rings is 2. The highest BCUT2D eigenvalue weighted by Crippen LogP contribution is 2.34. The molecule has 0 spiro atoms. The van der Waals surface area contributed by atoms with Crippen molar-refractivity contribution < 1.29 is 71.5 Å². The molecule has 2 aromatic rings. The van der Waals surface area contributed by atoms with E-state index in [-0.39, 0.29) is 42.1 Å². The summed E-state index contributed by atoms with van der Waals surface area (Å²) in [6, 6.07) is 7.69. The van der Waals surface area contributed by atoms with Crippen LogP contribution in [0.3, 0.4) is 0 Å². The summed E-state index contributed by atoms with van der Waals surface area (Å²) >= 11 is 0. The quantitative estimate of drug-likeness (QED) is 0.198. The first-order valence-corrected chi connectivity index (χ1v) is 13.0. The van der Waals surface area contributed by atoms with Gasteiger partial charge >= 0.3 is 24.6 Å². The number of para-hydroxylation sites is 2. The molecule has 0 saturated carbocycles. The molecule has 2 rings (SSSR count). The van der Waals surface area contributed by atoms with E-state index in [2.05, 4.69) is 18.9 Å². The molecule has 0 heterocycles. The van der Waals surface area contributed by atoms with E-state index in [1.165, 1.54) is 48.3 Å². The molecule has 46 heavy (non-hydrogen) atoms. The predicted molar refractivity (Wildman–Crippen MR) is 152 cm³/mol. The van der Waals surface area contributed by atoms with Crippen LogP contribution in [-0.2, 0) is 23.7 Å². The molecule has 0 atom stereocenters. The minimum atomic E-state index is -1.24. The summed E-state index contributed by atoms with van der Waals surface area (Å²) in [5, 5.41) is 0. The molecule has 248 valence electrons. The Labute approximate surface area is 261 Å². The van der Waals surface area contributed by atoms with Crippen LogP contribution in [0.4, 0.5) is 19.2 Å². The molecule has 0 bridgehead atoms. The molecule has 2 aromatic carbocycles. The van der Waals surface area contributed by atoms with Gasteiger partial charge in [0.2, 0.25) is 5.91 Å². The lowest BCUT2D eigenvalue weighted by atomic mass is 10.1. The number of nitrogens with two attached hydrogens (primary N) is 1. The maximum Gasteiger partial charge on any atom is 0.513 e. The fraction of sp³-hybridized carbons (Fsp3) is 0.321. The average Bonchev–Trinajstić information content (AvgIpc) is 3.04. The second-order valence-electron chi connectivity index (χ2n) is 8.76. The molecule has 0 aromatic heterocycles. The van der Waals surface area contributed by atoms with Crippen molar-refractivity contribution in [3.8, 4) is 23.0 Å². The van der Waals surface area contributed by atoms with Crippen LogP contribution in [0.5, 0.6) is 23.0 Å². The summed E-state index contributed by atoms with van der Waals surface area (Å²) in [6.45, 7) is -0.769. The van der Waals surface area contributed by atoms with Crippen LogP contribution in [-0.4, -0.2) is 107 Å². The van der Waals surface area contributed by atoms with Gasteiger partial charge in [0.25, 0.3) is 11.8 Å². The summed E-state index contributed by atoms with van der Waals surface area (Å²) in [4.78, 5) is 88.1.